The van der Waals surface area contributed by atoms with Crippen LogP contribution in [0.3, 0.4) is 0 Å². The molecule has 0 aliphatic rings. The molecule has 1 rings (SSSR count). The molecular formula is C6H2Cl4FN. The van der Waals surface area contributed by atoms with Crippen molar-refractivity contribution in [3.63, 3.8) is 0 Å². The smallest absolute Gasteiger partial charge is 0.207 e. The van der Waals surface area contributed by atoms with E-state index in [0.29, 0.717) is 0 Å². The fourth-order valence-corrected chi connectivity index (χ4v) is 1.18. The number of halogens is 5. The van der Waals surface area contributed by atoms with Gasteiger partial charge in [0.1, 0.15) is 5.15 Å². The predicted octanol–water partition coefficient (Wildman–Crippen LogP) is 3.70. The zero-order chi connectivity index (χ0) is 9.35. The summed E-state index contributed by atoms with van der Waals surface area (Å²) in [4.78, 5) is 3.29. The van der Waals surface area contributed by atoms with E-state index in [1.165, 1.54) is 12.1 Å². The number of hydrogen-bond acceptors (Lipinski definition) is 1. The minimum Gasteiger partial charge on any atom is -0.207 e. The van der Waals surface area contributed by atoms with E-state index in [4.69, 9.17) is 46.4 Å². The third-order valence-corrected chi connectivity index (χ3v) is 1.94. The Kier molecular flexibility index (Phi) is 3.05. The van der Waals surface area contributed by atoms with Gasteiger partial charge in [0, 0.05) is 0 Å². The minimum atomic E-state index is -1.80. The van der Waals surface area contributed by atoms with Crippen LogP contribution in [0.5, 0.6) is 0 Å². The van der Waals surface area contributed by atoms with Gasteiger partial charge in [0.15, 0.2) is 0 Å². The van der Waals surface area contributed by atoms with E-state index in [2.05, 4.69) is 4.98 Å². The van der Waals surface area contributed by atoms with Gasteiger partial charge in [-0.1, -0.05) is 46.4 Å². The molecular weight excluding hydrogens is 247 g/mol. The van der Waals surface area contributed by atoms with Gasteiger partial charge in [-0.3, -0.25) is 0 Å². The van der Waals surface area contributed by atoms with Crippen molar-refractivity contribution in [2.24, 2.45) is 0 Å². The normalized spacial score (nSPS) is 11.8. The van der Waals surface area contributed by atoms with Crippen LogP contribution in [0.4, 0.5) is 4.39 Å². The van der Waals surface area contributed by atoms with Crippen LogP contribution in [0.1, 0.15) is 5.56 Å². The molecule has 0 spiro atoms. The Hall–Kier alpha value is 0.240. The van der Waals surface area contributed by atoms with Crippen molar-refractivity contribution in [2.45, 2.75) is 3.79 Å². The Bertz CT molecular complexity index is 296. The number of nitrogens with zero attached hydrogens (tertiary/aromatic N) is 1. The summed E-state index contributed by atoms with van der Waals surface area (Å²) in [6.45, 7) is 0. The average Bonchev–Trinajstić information content (AvgIpc) is 1.83. The quantitative estimate of drug-likeness (QED) is 0.504. The molecule has 0 bridgehead atoms. The molecule has 1 aromatic rings. The van der Waals surface area contributed by atoms with Crippen LogP contribution in [0.15, 0.2) is 12.1 Å². The lowest BCUT2D eigenvalue weighted by atomic mass is 10.3. The molecule has 0 aromatic carbocycles. The van der Waals surface area contributed by atoms with E-state index in [1.807, 2.05) is 0 Å². The maximum Gasteiger partial charge on any atom is 0.221 e. The van der Waals surface area contributed by atoms with E-state index >= 15 is 0 Å². The number of rotatable bonds is 0. The first-order valence-electron chi connectivity index (χ1n) is 2.80. The van der Waals surface area contributed by atoms with E-state index in [9.17, 15) is 4.39 Å². The van der Waals surface area contributed by atoms with Crippen molar-refractivity contribution < 1.29 is 4.39 Å². The summed E-state index contributed by atoms with van der Waals surface area (Å²) in [5.74, 6) is -0.873. The summed E-state index contributed by atoms with van der Waals surface area (Å²) in [6, 6.07) is 2.62. The maximum absolute atomic E-state index is 12.9. The fraction of sp³-hybridized carbons (Fsp3) is 0.167. The Morgan fingerprint density at radius 2 is 1.83 bits per heavy atom. The first kappa shape index (κ1) is 10.3. The van der Waals surface area contributed by atoms with Gasteiger partial charge in [-0.2, -0.15) is 4.39 Å². The zero-order valence-electron chi connectivity index (χ0n) is 5.49. The lowest BCUT2D eigenvalue weighted by Gasteiger charge is -2.10. The molecule has 1 heterocycles. The van der Waals surface area contributed by atoms with Gasteiger partial charge in [0.2, 0.25) is 9.74 Å². The van der Waals surface area contributed by atoms with Crippen LogP contribution < -0.4 is 0 Å². The first-order chi connectivity index (χ1) is 5.41. The van der Waals surface area contributed by atoms with Gasteiger partial charge < -0.3 is 0 Å². The first-order valence-corrected chi connectivity index (χ1v) is 4.31. The van der Waals surface area contributed by atoms with E-state index in [1.54, 1.807) is 0 Å². The number of pyridine rings is 1. The average molecular weight is 249 g/mol. The second kappa shape index (κ2) is 3.54. The molecule has 1 aromatic heterocycles. The molecule has 0 saturated carbocycles. The molecule has 0 radical (unpaired) electrons. The van der Waals surface area contributed by atoms with Crippen LogP contribution in [0, 0.1) is 5.95 Å². The van der Waals surface area contributed by atoms with Crippen LogP contribution in [-0.4, -0.2) is 4.98 Å². The molecule has 0 saturated heterocycles. The molecule has 0 aliphatic heterocycles. The summed E-state index contributed by atoms with van der Waals surface area (Å²) in [5.41, 5.74) is -0.114. The van der Waals surface area contributed by atoms with Crippen molar-refractivity contribution >= 4 is 46.4 Å². The highest BCUT2D eigenvalue weighted by Gasteiger charge is 2.27. The van der Waals surface area contributed by atoms with Gasteiger partial charge in [-0.15, -0.1) is 0 Å². The lowest BCUT2D eigenvalue weighted by molar-refractivity contribution is 0.569. The maximum atomic E-state index is 12.9. The summed E-state index contributed by atoms with van der Waals surface area (Å²) in [7, 11) is 0. The highest BCUT2D eigenvalue weighted by Crippen LogP contribution is 2.39. The van der Waals surface area contributed by atoms with Crippen LogP contribution >= 0.6 is 46.4 Å². The molecule has 66 valence electrons. The lowest BCUT2D eigenvalue weighted by Crippen LogP contribution is -2.05. The minimum absolute atomic E-state index is 0.0190. The molecule has 6 heteroatoms. The highest BCUT2D eigenvalue weighted by atomic mass is 35.6. The summed E-state index contributed by atoms with van der Waals surface area (Å²) < 4.78 is 11.1. The third-order valence-electron chi connectivity index (χ3n) is 1.12. The van der Waals surface area contributed by atoms with Gasteiger partial charge >= 0.3 is 0 Å². The molecule has 0 fully saturated rings. The van der Waals surface area contributed by atoms with Crippen molar-refractivity contribution in [3.8, 4) is 0 Å². The van der Waals surface area contributed by atoms with Gasteiger partial charge in [-0.05, 0) is 12.1 Å². The van der Waals surface area contributed by atoms with Crippen LogP contribution in [0.2, 0.25) is 5.15 Å². The van der Waals surface area contributed by atoms with Gasteiger partial charge in [-0.25, -0.2) is 4.98 Å². The fourth-order valence-electron chi connectivity index (χ4n) is 0.624. The van der Waals surface area contributed by atoms with Gasteiger partial charge in [0.25, 0.3) is 0 Å². The van der Waals surface area contributed by atoms with Crippen molar-refractivity contribution in [1.82, 2.24) is 4.98 Å². The Labute approximate surface area is 88.4 Å². The summed E-state index contributed by atoms with van der Waals surface area (Å²) in [6.07, 6.45) is 0. The SMILES string of the molecule is Fc1nc(Cl)ccc1C(Cl)(Cl)Cl. The topological polar surface area (TPSA) is 12.9 Å². The molecule has 0 unspecified atom stereocenters. The second-order valence-corrected chi connectivity index (χ2v) is 4.64. The van der Waals surface area contributed by atoms with Crippen LogP contribution in [-0.2, 0) is 3.79 Å². The van der Waals surface area contributed by atoms with Crippen molar-refractivity contribution in [2.75, 3.05) is 0 Å². The Morgan fingerprint density at radius 3 is 2.25 bits per heavy atom. The molecule has 0 amide bonds. The predicted molar refractivity (Wildman–Crippen MR) is 48.4 cm³/mol. The molecule has 1 nitrogen and oxygen atoms in total. The third kappa shape index (κ3) is 2.36. The molecule has 0 atom stereocenters. The van der Waals surface area contributed by atoms with Crippen molar-refractivity contribution in [1.29, 1.82) is 0 Å². The molecule has 0 N–H and O–H groups in total. The largest absolute Gasteiger partial charge is 0.221 e. The van der Waals surface area contributed by atoms with Crippen LogP contribution in [0.25, 0.3) is 0 Å². The van der Waals surface area contributed by atoms with Gasteiger partial charge in [0.05, 0.1) is 5.56 Å². The second-order valence-electron chi connectivity index (χ2n) is 1.97. The Morgan fingerprint density at radius 1 is 1.25 bits per heavy atom. The Balaban J connectivity index is 3.19. The van der Waals surface area contributed by atoms with E-state index < -0.39 is 9.74 Å². The number of hydrogen-bond donors (Lipinski definition) is 0. The van der Waals surface area contributed by atoms with Crippen molar-refractivity contribution in [3.05, 3.63) is 28.8 Å². The standard InChI is InChI=1S/C6H2Cl4FN/c7-4-2-1-3(5(11)12-4)6(8,9)10/h1-2H. The zero-order valence-corrected chi connectivity index (χ0v) is 8.52. The molecule has 12 heavy (non-hydrogen) atoms. The number of alkyl halides is 3. The summed E-state index contributed by atoms with van der Waals surface area (Å²) >= 11 is 21.7. The highest BCUT2D eigenvalue weighted by molar-refractivity contribution is 6.66. The van der Waals surface area contributed by atoms with E-state index in [-0.39, 0.29) is 10.7 Å². The number of aromatic nitrogens is 1. The van der Waals surface area contributed by atoms with E-state index in [0.717, 1.165) is 0 Å². The molecule has 0 aliphatic carbocycles. The summed E-state index contributed by atoms with van der Waals surface area (Å²) in [5, 5.41) is 0.0190. The monoisotopic (exact) mass is 247 g/mol.